The smallest absolute Gasteiger partial charge is 0.199 e. The summed E-state index contributed by atoms with van der Waals surface area (Å²) in [6, 6.07) is 1.50. The van der Waals surface area contributed by atoms with Crippen molar-refractivity contribution in [3.8, 4) is 6.07 Å². The van der Waals surface area contributed by atoms with Gasteiger partial charge in [-0.1, -0.05) is 51.2 Å². The molecule has 0 spiro atoms. The van der Waals surface area contributed by atoms with Gasteiger partial charge >= 0.3 is 0 Å². The van der Waals surface area contributed by atoms with Crippen LogP contribution in [-0.2, 0) is 4.74 Å². The minimum atomic E-state index is -0.754. The average molecular weight is 348 g/mol. The lowest BCUT2D eigenvalue weighted by Crippen LogP contribution is -2.36. The van der Waals surface area contributed by atoms with Crippen LogP contribution in [-0.4, -0.2) is 12.7 Å². The molecule has 0 saturated heterocycles. The highest BCUT2D eigenvalue weighted by Crippen LogP contribution is 2.44. The highest BCUT2D eigenvalue weighted by atomic mass is 19.1. The number of rotatable bonds is 7. The number of unbranched alkanes of at least 4 members (excludes halogenated alkanes) is 1. The molecule has 2 saturated carbocycles. The van der Waals surface area contributed by atoms with Gasteiger partial charge in [0.15, 0.2) is 5.83 Å². The van der Waals surface area contributed by atoms with Crippen LogP contribution < -0.4 is 0 Å². The number of nitriles is 1. The Morgan fingerprint density at radius 1 is 1.16 bits per heavy atom. The van der Waals surface area contributed by atoms with Gasteiger partial charge in [0.1, 0.15) is 6.07 Å². The normalized spacial score (nSPS) is 34.2. The van der Waals surface area contributed by atoms with Crippen molar-refractivity contribution >= 4 is 0 Å². The zero-order chi connectivity index (χ0) is 18.1. The Morgan fingerprint density at radius 2 is 1.80 bits per heavy atom. The fraction of sp³-hybridized carbons (Fsp3) is 0.773. The van der Waals surface area contributed by atoms with E-state index in [0.29, 0.717) is 0 Å². The number of ether oxygens (including phenoxy) is 1. The van der Waals surface area contributed by atoms with Crippen LogP contribution in [0.4, 0.5) is 4.39 Å². The van der Waals surface area contributed by atoms with Crippen molar-refractivity contribution in [3.63, 3.8) is 0 Å². The molecule has 0 bridgehead atoms. The molecule has 2 aliphatic carbocycles. The maximum absolute atomic E-state index is 12.9. The lowest BCUT2D eigenvalue weighted by Gasteiger charge is -2.42. The first-order chi connectivity index (χ1) is 12.1. The summed E-state index contributed by atoms with van der Waals surface area (Å²) in [6.45, 7) is 2.29. The first-order valence-corrected chi connectivity index (χ1v) is 10.1. The monoisotopic (exact) mass is 347 g/mol. The van der Waals surface area contributed by atoms with Gasteiger partial charge in [0, 0.05) is 7.11 Å². The molecule has 0 aromatic rings. The van der Waals surface area contributed by atoms with Crippen LogP contribution in [0, 0.1) is 29.1 Å². The summed E-state index contributed by atoms with van der Waals surface area (Å²) in [6.07, 6.45) is 19.0. The van der Waals surface area contributed by atoms with E-state index in [0.717, 1.165) is 30.6 Å². The van der Waals surface area contributed by atoms with Crippen LogP contribution in [0.25, 0.3) is 0 Å². The molecular formula is C22H34FNO. The maximum Gasteiger partial charge on any atom is 0.199 e. The van der Waals surface area contributed by atoms with Gasteiger partial charge in [-0.05, 0) is 62.4 Å². The van der Waals surface area contributed by atoms with Gasteiger partial charge < -0.3 is 4.74 Å². The molecule has 25 heavy (non-hydrogen) atoms. The van der Waals surface area contributed by atoms with Crippen molar-refractivity contribution < 1.29 is 9.13 Å². The minimum absolute atomic E-state index is 0.277. The molecule has 0 aromatic heterocycles. The number of nitrogens with zero attached hydrogens (tertiary/aromatic N) is 1. The molecule has 2 nitrogen and oxygen atoms in total. The van der Waals surface area contributed by atoms with Crippen LogP contribution >= 0.6 is 0 Å². The van der Waals surface area contributed by atoms with Gasteiger partial charge in [0.25, 0.3) is 0 Å². The third-order valence-electron chi connectivity index (χ3n) is 6.56. The van der Waals surface area contributed by atoms with Gasteiger partial charge in [0.2, 0.25) is 0 Å². The van der Waals surface area contributed by atoms with Gasteiger partial charge in [-0.2, -0.15) is 9.65 Å². The van der Waals surface area contributed by atoms with Gasteiger partial charge in [-0.15, -0.1) is 0 Å². The van der Waals surface area contributed by atoms with E-state index in [1.807, 2.05) is 6.08 Å². The molecule has 2 rings (SSSR count). The standard InChI is InChI=1S/C22H34FNO/c1-3-4-6-18-8-10-19(11-9-18)20-12-15-22(25-2,16-13-20)14-5-7-21(23)17-24/h5,7,14,18-20H,3-4,6,8-13,15-16H2,1-2H3. The van der Waals surface area contributed by atoms with Crippen molar-refractivity contribution in [1.82, 2.24) is 0 Å². The molecule has 0 amide bonds. The number of hydrogen-bond acceptors (Lipinski definition) is 2. The number of halogens is 1. The second-order valence-electron chi connectivity index (χ2n) is 8.01. The maximum atomic E-state index is 12.9. The second kappa shape index (κ2) is 10.1. The van der Waals surface area contributed by atoms with E-state index in [1.54, 1.807) is 13.2 Å². The Morgan fingerprint density at radius 3 is 2.36 bits per heavy atom. The Kier molecular flexibility index (Phi) is 8.16. The van der Waals surface area contributed by atoms with Crippen molar-refractivity contribution in [2.45, 2.75) is 83.2 Å². The summed E-state index contributed by atoms with van der Waals surface area (Å²) in [4.78, 5) is 0. The molecule has 2 fully saturated rings. The highest BCUT2D eigenvalue weighted by molar-refractivity contribution is 5.21. The predicted molar refractivity (Wildman–Crippen MR) is 101 cm³/mol. The molecule has 0 heterocycles. The summed E-state index contributed by atoms with van der Waals surface area (Å²) in [5, 5.41) is 8.48. The lowest BCUT2D eigenvalue weighted by molar-refractivity contribution is -0.0201. The fourth-order valence-electron chi connectivity index (χ4n) is 4.83. The van der Waals surface area contributed by atoms with Crippen molar-refractivity contribution in [2.75, 3.05) is 7.11 Å². The van der Waals surface area contributed by atoms with E-state index >= 15 is 0 Å². The summed E-state index contributed by atoms with van der Waals surface area (Å²) < 4.78 is 18.7. The first-order valence-electron chi connectivity index (χ1n) is 10.1. The van der Waals surface area contributed by atoms with Crippen molar-refractivity contribution in [1.29, 1.82) is 5.26 Å². The number of hydrogen-bond donors (Lipinski definition) is 0. The molecule has 0 atom stereocenters. The largest absolute Gasteiger partial charge is 0.374 e. The Hall–Kier alpha value is -1.14. The molecule has 3 heteroatoms. The van der Waals surface area contributed by atoms with Crippen LogP contribution in [0.1, 0.15) is 77.6 Å². The highest BCUT2D eigenvalue weighted by Gasteiger charge is 2.36. The predicted octanol–water partition coefficient (Wildman–Crippen LogP) is 6.49. The Labute approximate surface area is 153 Å². The zero-order valence-corrected chi connectivity index (χ0v) is 16.0. The summed E-state index contributed by atoms with van der Waals surface area (Å²) in [7, 11) is 1.74. The quantitative estimate of drug-likeness (QED) is 0.389. The molecule has 0 aromatic carbocycles. The topological polar surface area (TPSA) is 33.0 Å². The van der Waals surface area contributed by atoms with E-state index in [2.05, 4.69) is 6.92 Å². The summed E-state index contributed by atoms with van der Waals surface area (Å²) >= 11 is 0. The second-order valence-corrected chi connectivity index (χ2v) is 8.01. The third-order valence-corrected chi connectivity index (χ3v) is 6.56. The molecule has 0 unspecified atom stereocenters. The minimum Gasteiger partial charge on any atom is -0.374 e. The average Bonchev–Trinajstić information content (AvgIpc) is 2.67. The van der Waals surface area contributed by atoms with Crippen LogP contribution in [0.5, 0.6) is 0 Å². The van der Waals surface area contributed by atoms with E-state index < -0.39 is 5.83 Å². The number of methoxy groups -OCH3 is 1. The van der Waals surface area contributed by atoms with Crippen LogP contribution in [0.3, 0.4) is 0 Å². The SMILES string of the molecule is CCCCC1CCC(C2CCC(C=CC=C(F)C#N)(OC)CC2)CC1. The molecule has 2 aliphatic rings. The molecule has 140 valence electrons. The fourth-order valence-corrected chi connectivity index (χ4v) is 4.83. The first kappa shape index (κ1) is 20.2. The lowest BCUT2D eigenvalue weighted by atomic mass is 9.67. The number of allylic oxidation sites excluding steroid dienone is 3. The summed E-state index contributed by atoms with van der Waals surface area (Å²) in [5.41, 5.74) is -0.277. The van der Waals surface area contributed by atoms with E-state index in [-0.39, 0.29) is 5.60 Å². The van der Waals surface area contributed by atoms with E-state index in [1.165, 1.54) is 69.9 Å². The van der Waals surface area contributed by atoms with Crippen LogP contribution in [0.2, 0.25) is 0 Å². The Bertz CT molecular complexity index is 489. The Balaban J connectivity index is 1.81. The third kappa shape index (κ3) is 5.96. The molecule has 0 aliphatic heterocycles. The van der Waals surface area contributed by atoms with E-state index in [4.69, 9.17) is 10.00 Å². The van der Waals surface area contributed by atoms with Gasteiger partial charge in [-0.3, -0.25) is 0 Å². The molecule has 0 N–H and O–H groups in total. The molecule has 0 radical (unpaired) electrons. The van der Waals surface area contributed by atoms with Gasteiger partial charge in [0.05, 0.1) is 5.60 Å². The van der Waals surface area contributed by atoms with Crippen molar-refractivity contribution in [3.05, 3.63) is 24.1 Å². The molecular weight excluding hydrogens is 313 g/mol. The van der Waals surface area contributed by atoms with E-state index in [9.17, 15) is 4.39 Å². The van der Waals surface area contributed by atoms with Crippen LogP contribution in [0.15, 0.2) is 24.1 Å². The van der Waals surface area contributed by atoms with Crippen molar-refractivity contribution in [2.24, 2.45) is 17.8 Å². The van der Waals surface area contributed by atoms with Gasteiger partial charge in [-0.25, -0.2) is 0 Å². The summed E-state index contributed by atoms with van der Waals surface area (Å²) in [5.74, 6) is 1.95. The zero-order valence-electron chi connectivity index (χ0n) is 16.0.